The average Bonchev–Trinajstić information content (AvgIpc) is 2.57. The predicted octanol–water partition coefficient (Wildman–Crippen LogP) is 1.77. The van der Waals surface area contributed by atoms with E-state index in [9.17, 15) is 18.0 Å². The number of likely N-dealkylation sites (N-methyl/N-ethyl adjacent to an activating group) is 1. The number of aromatic carboxylic acids is 1. The molecular formula is C10H13F3N2O2. The molecule has 4 nitrogen and oxygen atoms in total. The standard InChI is InChI=1S/C10H13F3N2O2/c1-14(2)5-6-15-4-3-7(9(16)17)8(15)10(11,12)13/h3-4H,5-6H2,1-2H3,(H,16,17). The molecule has 0 saturated carbocycles. The largest absolute Gasteiger partial charge is 0.478 e. The van der Waals surface area contributed by atoms with E-state index in [1.165, 1.54) is 0 Å². The van der Waals surface area contributed by atoms with Crippen LogP contribution in [0.4, 0.5) is 13.2 Å². The van der Waals surface area contributed by atoms with Crippen molar-refractivity contribution < 1.29 is 23.1 Å². The second kappa shape index (κ2) is 4.79. The number of nitrogens with zero attached hydrogens (tertiary/aromatic N) is 2. The van der Waals surface area contributed by atoms with Gasteiger partial charge in [-0.15, -0.1) is 0 Å². The van der Waals surface area contributed by atoms with Crippen LogP contribution in [0, 0.1) is 0 Å². The second-order valence-corrected chi connectivity index (χ2v) is 3.88. The van der Waals surface area contributed by atoms with E-state index < -0.39 is 23.4 Å². The molecular weight excluding hydrogens is 237 g/mol. The van der Waals surface area contributed by atoms with Gasteiger partial charge in [-0.25, -0.2) is 4.79 Å². The maximum Gasteiger partial charge on any atom is 0.432 e. The highest BCUT2D eigenvalue weighted by Crippen LogP contribution is 2.32. The van der Waals surface area contributed by atoms with E-state index in [-0.39, 0.29) is 6.54 Å². The van der Waals surface area contributed by atoms with E-state index in [0.29, 0.717) is 6.54 Å². The predicted molar refractivity (Wildman–Crippen MR) is 54.9 cm³/mol. The number of alkyl halides is 3. The molecule has 1 aromatic heterocycles. The molecule has 0 unspecified atom stereocenters. The molecule has 1 rings (SSSR count). The number of halogens is 3. The first-order valence-electron chi connectivity index (χ1n) is 4.88. The van der Waals surface area contributed by atoms with Gasteiger partial charge in [-0.1, -0.05) is 0 Å². The average molecular weight is 250 g/mol. The summed E-state index contributed by atoms with van der Waals surface area (Å²) in [5.41, 5.74) is -1.82. The molecule has 0 radical (unpaired) electrons. The highest BCUT2D eigenvalue weighted by molar-refractivity contribution is 5.89. The summed E-state index contributed by atoms with van der Waals surface area (Å²) in [4.78, 5) is 12.4. The molecule has 0 bridgehead atoms. The van der Waals surface area contributed by atoms with Crippen LogP contribution in [0.3, 0.4) is 0 Å². The normalized spacial score (nSPS) is 12.1. The summed E-state index contributed by atoms with van der Waals surface area (Å²) in [5.74, 6) is -1.57. The summed E-state index contributed by atoms with van der Waals surface area (Å²) in [6.07, 6.45) is -3.51. The van der Waals surface area contributed by atoms with Gasteiger partial charge < -0.3 is 14.6 Å². The Labute approximate surface area is 96.3 Å². The molecule has 0 atom stereocenters. The summed E-state index contributed by atoms with van der Waals surface area (Å²) in [7, 11) is 3.46. The SMILES string of the molecule is CN(C)CCn1ccc(C(=O)O)c1C(F)(F)F. The van der Waals surface area contributed by atoms with Crippen LogP contribution in [0.25, 0.3) is 0 Å². The molecule has 0 aromatic carbocycles. The van der Waals surface area contributed by atoms with Crippen molar-refractivity contribution >= 4 is 5.97 Å². The van der Waals surface area contributed by atoms with Crippen LogP contribution >= 0.6 is 0 Å². The van der Waals surface area contributed by atoms with E-state index >= 15 is 0 Å². The number of rotatable bonds is 4. The van der Waals surface area contributed by atoms with Gasteiger partial charge in [-0.2, -0.15) is 13.2 Å². The fourth-order valence-corrected chi connectivity index (χ4v) is 1.45. The molecule has 0 aliphatic rings. The van der Waals surface area contributed by atoms with Crippen molar-refractivity contribution in [3.8, 4) is 0 Å². The first-order chi connectivity index (χ1) is 7.73. The van der Waals surface area contributed by atoms with Crippen LogP contribution in [0.5, 0.6) is 0 Å². The van der Waals surface area contributed by atoms with Gasteiger partial charge in [0.2, 0.25) is 0 Å². The minimum Gasteiger partial charge on any atom is -0.478 e. The Bertz CT molecular complexity index is 410. The Kier molecular flexibility index (Phi) is 3.82. The Hall–Kier alpha value is -1.50. The lowest BCUT2D eigenvalue weighted by Gasteiger charge is -2.15. The Balaban J connectivity index is 3.10. The zero-order valence-corrected chi connectivity index (χ0v) is 9.45. The first kappa shape index (κ1) is 13.6. The summed E-state index contributed by atoms with van der Waals surface area (Å²) in [5, 5.41) is 8.70. The Morgan fingerprint density at radius 1 is 1.47 bits per heavy atom. The summed E-state index contributed by atoms with van der Waals surface area (Å²) in [6, 6.07) is 0.973. The van der Waals surface area contributed by atoms with Crippen molar-refractivity contribution in [2.24, 2.45) is 0 Å². The number of carboxylic acids is 1. The van der Waals surface area contributed by atoms with Crippen LogP contribution in [-0.2, 0) is 12.7 Å². The fraction of sp³-hybridized carbons (Fsp3) is 0.500. The van der Waals surface area contributed by atoms with Gasteiger partial charge in [0.05, 0.1) is 5.56 Å². The fourth-order valence-electron chi connectivity index (χ4n) is 1.45. The molecule has 0 spiro atoms. The lowest BCUT2D eigenvalue weighted by Crippen LogP contribution is -2.23. The molecule has 7 heteroatoms. The molecule has 1 heterocycles. The number of hydrogen-bond acceptors (Lipinski definition) is 2. The van der Waals surface area contributed by atoms with E-state index in [1.807, 2.05) is 0 Å². The monoisotopic (exact) mass is 250 g/mol. The molecule has 96 valence electrons. The van der Waals surface area contributed by atoms with E-state index in [4.69, 9.17) is 5.11 Å². The Morgan fingerprint density at radius 2 is 2.06 bits per heavy atom. The van der Waals surface area contributed by atoms with Gasteiger partial charge in [0.15, 0.2) is 0 Å². The van der Waals surface area contributed by atoms with Crippen LogP contribution in [0.15, 0.2) is 12.3 Å². The zero-order chi connectivity index (χ0) is 13.2. The highest BCUT2D eigenvalue weighted by atomic mass is 19.4. The quantitative estimate of drug-likeness (QED) is 0.885. The molecule has 0 saturated heterocycles. The minimum absolute atomic E-state index is 0.0924. The summed E-state index contributed by atoms with van der Waals surface area (Å²) >= 11 is 0. The minimum atomic E-state index is -4.66. The van der Waals surface area contributed by atoms with Crippen LogP contribution in [0.1, 0.15) is 16.1 Å². The van der Waals surface area contributed by atoms with E-state index in [1.54, 1.807) is 19.0 Å². The van der Waals surface area contributed by atoms with Crippen LogP contribution < -0.4 is 0 Å². The molecule has 0 aliphatic heterocycles. The van der Waals surface area contributed by atoms with Gasteiger partial charge in [-0.05, 0) is 20.2 Å². The smallest absolute Gasteiger partial charge is 0.432 e. The molecule has 0 fully saturated rings. The molecule has 17 heavy (non-hydrogen) atoms. The van der Waals surface area contributed by atoms with Gasteiger partial charge in [0, 0.05) is 19.3 Å². The van der Waals surface area contributed by atoms with E-state index in [2.05, 4.69) is 0 Å². The summed E-state index contributed by atoms with van der Waals surface area (Å²) in [6.45, 7) is 0.492. The number of carboxylic acid groups (broad SMARTS) is 1. The topological polar surface area (TPSA) is 45.5 Å². The van der Waals surface area contributed by atoms with Crippen molar-refractivity contribution in [2.45, 2.75) is 12.7 Å². The maximum absolute atomic E-state index is 12.7. The molecule has 0 amide bonds. The summed E-state index contributed by atoms with van der Waals surface area (Å²) < 4.78 is 39.1. The van der Waals surface area contributed by atoms with Crippen molar-refractivity contribution in [1.29, 1.82) is 0 Å². The lowest BCUT2D eigenvalue weighted by molar-refractivity contribution is -0.144. The number of aromatic nitrogens is 1. The van der Waals surface area contributed by atoms with Crippen molar-refractivity contribution in [2.75, 3.05) is 20.6 Å². The van der Waals surface area contributed by atoms with Crippen LogP contribution in [-0.4, -0.2) is 41.2 Å². The van der Waals surface area contributed by atoms with Gasteiger partial charge in [0.25, 0.3) is 0 Å². The van der Waals surface area contributed by atoms with Crippen molar-refractivity contribution in [3.63, 3.8) is 0 Å². The second-order valence-electron chi connectivity index (χ2n) is 3.88. The maximum atomic E-state index is 12.7. The number of carbonyl (C=O) groups is 1. The third-order valence-electron chi connectivity index (χ3n) is 2.25. The number of hydrogen-bond donors (Lipinski definition) is 1. The zero-order valence-electron chi connectivity index (χ0n) is 9.45. The van der Waals surface area contributed by atoms with E-state index in [0.717, 1.165) is 16.8 Å². The lowest BCUT2D eigenvalue weighted by atomic mass is 10.2. The Morgan fingerprint density at radius 3 is 2.47 bits per heavy atom. The van der Waals surface area contributed by atoms with Gasteiger partial charge in [0.1, 0.15) is 5.69 Å². The van der Waals surface area contributed by atoms with Gasteiger partial charge >= 0.3 is 12.1 Å². The molecule has 1 aromatic rings. The third kappa shape index (κ3) is 3.23. The van der Waals surface area contributed by atoms with Crippen molar-refractivity contribution in [1.82, 2.24) is 9.47 Å². The first-order valence-corrected chi connectivity index (χ1v) is 4.88. The highest BCUT2D eigenvalue weighted by Gasteiger charge is 2.38. The van der Waals surface area contributed by atoms with Crippen molar-refractivity contribution in [3.05, 3.63) is 23.5 Å². The molecule has 0 aliphatic carbocycles. The van der Waals surface area contributed by atoms with Crippen LogP contribution in [0.2, 0.25) is 0 Å². The third-order valence-corrected chi connectivity index (χ3v) is 2.25. The van der Waals surface area contributed by atoms with Gasteiger partial charge in [-0.3, -0.25) is 0 Å². The molecule has 1 N–H and O–H groups in total.